The number of hydrogen-bond acceptors (Lipinski definition) is 4. The maximum absolute atomic E-state index is 11.7. The Morgan fingerprint density at radius 3 is 2.40 bits per heavy atom. The van der Waals surface area contributed by atoms with Crippen LogP contribution in [0.25, 0.3) is 0 Å². The van der Waals surface area contributed by atoms with Gasteiger partial charge in [0.05, 0.1) is 0 Å². The quantitative estimate of drug-likeness (QED) is 0.655. The van der Waals surface area contributed by atoms with Crippen LogP contribution in [0.3, 0.4) is 0 Å². The van der Waals surface area contributed by atoms with E-state index < -0.39 is 0 Å². The summed E-state index contributed by atoms with van der Waals surface area (Å²) in [6.45, 7) is -0.0248. The number of thioether (sulfide) groups is 1. The highest BCUT2D eigenvalue weighted by Crippen LogP contribution is 2.19. The SMILES string of the molecule is CSc1ccc(OCC(=O)Nc2ccc(N)cc2)cc1. The van der Waals surface area contributed by atoms with Gasteiger partial charge in [-0.3, -0.25) is 4.79 Å². The van der Waals surface area contributed by atoms with Gasteiger partial charge >= 0.3 is 0 Å². The lowest BCUT2D eigenvalue weighted by atomic mass is 10.3. The van der Waals surface area contributed by atoms with Crippen LogP contribution in [0.2, 0.25) is 0 Å². The number of hydrogen-bond donors (Lipinski definition) is 2. The van der Waals surface area contributed by atoms with Gasteiger partial charge in [0.2, 0.25) is 0 Å². The minimum absolute atomic E-state index is 0.0248. The molecule has 0 spiro atoms. The molecule has 2 aromatic carbocycles. The van der Waals surface area contributed by atoms with Gasteiger partial charge in [0.15, 0.2) is 6.61 Å². The molecule has 0 aliphatic rings. The van der Waals surface area contributed by atoms with Crippen molar-refractivity contribution in [3.63, 3.8) is 0 Å². The van der Waals surface area contributed by atoms with Gasteiger partial charge in [0, 0.05) is 16.3 Å². The Balaban J connectivity index is 1.83. The van der Waals surface area contributed by atoms with Crippen molar-refractivity contribution in [1.29, 1.82) is 0 Å². The van der Waals surface area contributed by atoms with Crippen molar-refractivity contribution in [3.05, 3.63) is 48.5 Å². The minimum Gasteiger partial charge on any atom is -0.484 e. The van der Waals surface area contributed by atoms with Crippen molar-refractivity contribution in [2.75, 3.05) is 23.9 Å². The molecule has 0 aliphatic carbocycles. The molecule has 0 fully saturated rings. The smallest absolute Gasteiger partial charge is 0.262 e. The second kappa shape index (κ2) is 6.86. The zero-order valence-corrected chi connectivity index (χ0v) is 11.9. The third-order valence-corrected chi connectivity index (χ3v) is 3.37. The van der Waals surface area contributed by atoms with Gasteiger partial charge in [0.1, 0.15) is 5.75 Å². The Bertz CT molecular complexity index is 567. The number of nitrogen functional groups attached to an aromatic ring is 1. The topological polar surface area (TPSA) is 64.3 Å². The van der Waals surface area contributed by atoms with Gasteiger partial charge in [0.25, 0.3) is 5.91 Å². The van der Waals surface area contributed by atoms with Crippen LogP contribution in [0.4, 0.5) is 11.4 Å². The molecule has 0 saturated carbocycles. The normalized spacial score (nSPS) is 10.1. The summed E-state index contributed by atoms with van der Waals surface area (Å²) in [7, 11) is 0. The van der Waals surface area contributed by atoms with Crippen molar-refractivity contribution < 1.29 is 9.53 Å². The molecule has 0 saturated heterocycles. The Labute approximate surface area is 122 Å². The van der Waals surface area contributed by atoms with Gasteiger partial charge in [-0.1, -0.05) is 0 Å². The lowest BCUT2D eigenvalue weighted by Crippen LogP contribution is -2.20. The average molecular weight is 288 g/mol. The van der Waals surface area contributed by atoms with Crippen LogP contribution in [0.5, 0.6) is 5.75 Å². The summed E-state index contributed by atoms with van der Waals surface area (Å²) in [5.74, 6) is 0.471. The molecule has 4 nitrogen and oxygen atoms in total. The van der Waals surface area contributed by atoms with E-state index in [1.54, 1.807) is 36.0 Å². The van der Waals surface area contributed by atoms with Gasteiger partial charge in [-0.05, 0) is 54.8 Å². The number of anilines is 2. The fourth-order valence-electron chi connectivity index (χ4n) is 1.58. The van der Waals surface area contributed by atoms with Crippen LogP contribution in [-0.4, -0.2) is 18.8 Å². The molecule has 2 rings (SSSR count). The van der Waals surface area contributed by atoms with Gasteiger partial charge in [-0.2, -0.15) is 0 Å². The molecule has 20 heavy (non-hydrogen) atoms. The molecule has 0 aliphatic heterocycles. The second-order valence-corrected chi connectivity index (χ2v) is 5.01. The Morgan fingerprint density at radius 1 is 1.15 bits per heavy atom. The highest BCUT2D eigenvalue weighted by Gasteiger charge is 2.03. The number of carbonyl (C=O) groups excluding carboxylic acids is 1. The molecular weight excluding hydrogens is 272 g/mol. The molecule has 0 unspecified atom stereocenters. The fraction of sp³-hybridized carbons (Fsp3) is 0.133. The Hall–Kier alpha value is -2.14. The summed E-state index contributed by atoms with van der Waals surface area (Å²) in [5, 5.41) is 2.74. The number of amides is 1. The standard InChI is InChI=1S/C15H16N2O2S/c1-20-14-8-6-13(7-9-14)19-10-15(18)17-12-4-2-11(16)3-5-12/h2-9H,10,16H2,1H3,(H,17,18). The van der Waals surface area contributed by atoms with E-state index in [0.29, 0.717) is 17.1 Å². The second-order valence-electron chi connectivity index (χ2n) is 4.13. The highest BCUT2D eigenvalue weighted by atomic mass is 32.2. The molecule has 5 heteroatoms. The van der Waals surface area contributed by atoms with Crippen molar-refractivity contribution in [2.45, 2.75) is 4.90 Å². The molecule has 3 N–H and O–H groups in total. The summed E-state index contributed by atoms with van der Waals surface area (Å²) >= 11 is 1.66. The van der Waals surface area contributed by atoms with Gasteiger partial charge < -0.3 is 15.8 Å². The molecule has 2 aromatic rings. The van der Waals surface area contributed by atoms with E-state index >= 15 is 0 Å². The first-order valence-electron chi connectivity index (χ1n) is 6.09. The van der Waals surface area contributed by atoms with Crippen LogP contribution in [0.15, 0.2) is 53.4 Å². The summed E-state index contributed by atoms with van der Waals surface area (Å²) in [5.41, 5.74) is 6.94. The molecule has 1 amide bonds. The number of ether oxygens (including phenoxy) is 1. The number of carbonyl (C=O) groups is 1. The predicted octanol–water partition coefficient (Wildman–Crippen LogP) is 3.01. The zero-order chi connectivity index (χ0) is 14.4. The van der Waals surface area contributed by atoms with E-state index in [-0.39, 0.29) is 12.5 Å². The highest BCUT2D eigenvalue weighted by molar-refractivity contribution is 7.98. The number of nitrogens with two attached hydrogens (primary N) is 1. The summed E-state index contributed by atoms with van der Waals surface area (Å²) in [6, 6.07) is 14.6. The van der Waals surface area contributed by atoms with Crippen LogP contribution in [0.1, 0.15) is 0 Å². The van der Waals surface area contributed by atoms with Gasteiger partial charge in [-0.25, -0.2) is 0 Å². The van der Waals surface area contributed by atoms with Crippen LogP contribution in [0, 0.1) is 0 Å². The third kappa shape index (κ3) is 4.20. The van der Waals surface area contributed by atoms with Crippen LogP contribution >= 0.6 is 11.8 Å². The van der Waals surface area contributed by atoms with Crippen molar-refractivity contribution in [1.82, 2.24) is 0 Å². The van der Waals surface area contributed by atoms with E-state index in [2.05, 4.69) is 5.32 Å². The van der Waals surface area contributed by atoms with E-state index in [1.807, 2.05) is 30.5 Å². The van der Waals surface area contributed by atoms with E-state index in [9.17, 15) is 4.79 Å². The molecule has 104 valence electrons. The van der Waals surface area contributed by atoms with Crippen molar-refractivity contribution >= 4 is 29.0 Å². The van der Waals surface area contributed by atoms with Crippen LogP contribution < -0.4 is 15.8 Å². The lowest BCUT2D eigenvalue weighted by molar-refractivity contribution is -0.118. The van der Waals surface area contributed by atoms with Crippen LogP contribution in [-0.2, 0) is 4.79 Å². The third-order valence-electron chi connectivity index (χ3n) is 2.62. The lowest BCUT2D eigenvalue weighted by Gasteiger charge is -2.08. The van der Waals surface area contributed by atoms with Gasteiger partial charge in [-0.15, -0.1) is 11.8 Å². The number of nitrogens with one attached hydrogen (secondary N) is 1. The molecule has 0 heterocycles. The summed E-state index contributed by atoms with van der Waals surface area (Å²) in [6.07, 6.45) is 2.01. The fourth-order valence-corrected chi connectivity index (χ4v) is 1.99. The first kappa shape index (κ1) is 14.3. The first-order valence-corrected chi connectivity index (χ1v) is 7.32. The predicted molar refractivity (Wildman–Crippen MR) is 83.2 cm³/mol. The zero-order valence-electron chi connectivity index (χ0n) is 11.1. The van der Waals surface area contributed by atoms with Crippen molar-refractivity contribution in [2.24, 2.45) is 0 Å². The molecule has 0 bridgehead atoms. The van der Waals surface area contributed by atoms with E-state index in [0.717, 1.165) is 4.90 Å². The monoisotopic (exact) mass is 288 g/mol. The Morgan fingerprint density at radius 2 is 1.80 bits per heavy atom. The van der Waals surface area contributed by atoms with E-state index in [4.69, 9.17) is 10.5 Å². The number of rotatable bonds is 5. The largest absolute Gasteiger partial charge is 0.484 e. The van der Waals surface area contributed by atoms with E-state index in [1.165, 1.54) is 0 Å². The number of benzene rings is 2. The average Bonchev–Trinajstić information content (AvgIpc) is 2.48. The molecule has 0 radical (unpaired) electrons. The maximum atomic E-state index is 11.7. The first-order chi connectivity index (χ1) is 9.67. The Kier molecular flexibility index (Phi) is 4.90. The molecule has 0 atom stereocenters. The summed E-state index contributed by atoms with van der Waals surface area (Å²) < 4.78 is 5.42. The molecule has 0 aromatic heterocycles. The summed E-state index contributed by atoms with van der Waals surface area (Å²) in [4.78, 5) is 12.9. The molecular formula is C15H16N2O2S. The van der Waals surface area contributed by atoms with Crippen molar-refractivity contribution in [3.8, 4) is 5.75 Å². The maximum Gasteiger partial charge on any atom is 0.262 e. The minimum atomic E-state index is -0.205.